The fourth-order valence-electron chi connectivity index (χ4n) is 4.98. The summed E-state index contributed by atoms with van der Waals surface area (Å²) in [4.78, 5) is 33.4. The smallest absolute Gasteiger partial charge is 0.252 e. The Labute approximate surface area is 211 Å². The van der Waals surface area contributed by atoms with Gasteiger partial charge in [0.15, 0.2) is 0 Å². The second-order valence-corrected chi connectivity index (χ2v) is 9.65. The Morgan fingerprint density at radius 1 is 1.17 bits per heavy atom. The van der Waals surface area contributed by atoms with Gasteiger partial charge < -0.3 is 9.88 Å². The lowest BCUT2D eigenvalue weighted by molar-refractivity contribution is -0.133. The summed E-state index contributed by atoms with van der Waals surface area (Å²) in [5, 5.41) is 2.87. The average molecular weight is 517 g/mol. The zero-order valence-electron chi connectivity index (χ0n) is 19.2. The summed E-state index contributed by atoms with van der Waals surface area (Å²) in [6, 6.07) is 9.20. The molecular formula is C26H24ClF3N4O2. The van der Waals surface area contributed by atoms with Crippen LogP contribution in [-0.4, -0.2) is 33.3 Å². The quantitative estimate of drug-likeness (QED) is 0.487. The first kappa shape index (κ1) is 24.4. The minimum Gasteiger partial charge on any atom is -0.351 e. The van der Waals surface area contributed by atoms with Crippen LogP contribution in [0.15, 0.2) is 60.9 Å². The highest BCUT2D eigenvalue weighted by Crippen LogP contribution is 2.40. The number of nitrogens with one attached hydrogen (secondary N) is 1. The van der Waals surface area contributed by atoms with Gasteiger partial charge in [0.2, 0.25) is 5.91 Å². The first-order valence-electron chi connectivity index (χ1n) is 11.8. The van der Waals surface area contributed by atoms with Crippen molar-refractivity contribution in [3.05, 3.63) is 83.2 Å². The lowest BCUT2D eigenvalue weighted by atomic mass is 9.87. The molecule has 1 aliphatic carbocycles. The van der Waals surface area contributed by atoms with E-state index in [4.69, 9.17) is 11.6 Å². The number of hydrogen-bond acceptors (Lipinski definition) is 3. The maximum Gasteiger partial charge on any atom is 0.252 e. The molecule has 2 aliphatic rings. The normalized spacial score (nSPS) is 19.6. The van der Waals surface area contributed by atoms with Gasteiger partial charge in [0.1, 0.15) is 23.7 Å². The van der Waals surface area contributed by atoms with E-state index < -0.39 is 54.5 Å². The maximum atomic E-state index is 14.4. The van der Waals surface area contributed by atoms with Crippen LogP contribution in [-0.2, 0) is 16.0 Å². The molecule has 1 aliphatic heterocycles. The molecule has 2 atom stereocenters. The maximum absolute atomic E-state index is 14.4. The number of amides is 2. The zero-order valence-corrected chi connectivity index (χ0v) is 20.0. The van der Waals surface area contributed by atoms with Gasteiger partial charge >= 0.3 is 0 Å². The Kier molecular flexibility index (Phi) is 6.51. The highest BCUT2D eigenvalue weighted by atomic mass is 35.5. The molecule has 5 rings (SSSR count). The lowest BCUT2D eigenvalue weighted by Gasteiger charge is -2.39. The molecule has 188 valence electrons. The Morgan fingerprint density at radius 3 is 2.67 bits per heavy atom. The van der Waals surface area contributed by atoms with E-state index in [1.807, 2.05) is 0 Å². The van der Waals surface area contributed by atoms with Crippen LogP contribution >= 0.6 is 11.6 Å². The van der Waals surface area contributed by atoms with Crippen molar-refractivity contribution in [1.82, 2.24) is 14.9 Å². The van der Waals surface area contributed by atoms with E-state index in [1.54, 1.807) is 41.2 Å². The number of carbonyl (C=O) groups is 2. The second kappa shape index (κ2) is 9.61. The number of anilines is 1. The molecule has 0 spiro atoms. The van der Waals surface area contributed by atoms with Crippen LogP contribution in [0.2, 0.25) is 5.02 Å². The van der Waals surface area contributed by atoms with Crippen LogP contribution in [0.25, 0.3) is 0 Å². The Morgan fingerprint density at radius 2 is 1.94 bits per heavy atom. The zero-order chi connectivity index (χ0) is 25.4. The first-order valence-corrected chi connectivity index (χ1v) is 12.1. The van der Waals surface area contributed by atoms with Crippen molar-refractivity contribution in [2.75, 3.05) is 4.90 Å². The molecule has 1 fully saturated rings. The number of alkyl halides is 2. The van der Waals surface area contributed by atoms with Gasteiger partial charge in [-0.3, -0.25) is 14.5 Å². The van der Waals surface area contributed by atoms with E-state index >= 15 is 0 Å². The van der Waals surface area contributed by atoms with Crippen molar-refractivity contribution in [3.8, 4) is 0 Å². The molecule has 1 aromatic heterocycles. The number of hydrogen-bond donors (Lipinski definition) is 1. The summed E-state index contributed by atoms with van der Waals surface area (Å²) in [5.74, 6) is -3.79. The van der Waals surface area contributed by atoms with Crippen molar-refractivity contribution in [3.63, 3.8) is 0 Å². The molecule has 36 heavy (non-hydrogen) atoms. The highest BCUT2D eigenvalue weighted by molar-refractivity contribution is 6.31. The van der Waals surface area contributed by atoms with E-state index in [9.17, 15) is 22.8 Å². The van der Waals surface area contributed by atoms with Crippen molar-refractivity contribution >= 4 is 29.1 Å². The fraction of sp³-hybridized carbons (Fsp3) is 0.346. The van der Waals surface area contributed by atoms with Gasteiger partial charge in [-0.2, -0.15) is 0 Å². The molecule has 0 saturated heterocycles. The number of rotatable bonds is 6. The molecule has 1 saturated carbocycles. The van der Waals surface area contributed by atoms with Crippen molar-refractivity contribution in [1.29, 1.82) is 0 Å². The van der Waals surface area contributed by atoms with E-state index in [0.29, 0.717) is 24.8 Å². The monoisotopic (exact) mass is 516 g/mol. The third-order valence-electron chi connectivity index (χ3n) is 6.71. The van der Waals surface area contributed by atoms with E-state index in [2.05, 4.69) is 10.3 Å². The standard InChI is InChI=1S/C26H24ClF3N4O2/c27-20-8-2-1-7-19(20)23(24(35)32-17-14-26(29,30)15-17)34(18-6-3-5-16(28)13-18)25(36)21-9-4-10-22-31-11-12-33(21)22/h1-3,5-8,11-13,17,21,23H,4,9-10,14-15H2,(H,32,35). The van der Waals surface area contributed by atoms with Crippen molar-refractivity contribution in [2.24, 2.45) is 0 Å². The molecule has 0 radical (unpaired) electrons. The molecule has 3 aromatic rings. The second-order valence-electron chi connectivity index (χ2n) is 9.24. The summed E-state index contributed by atoms with van der Waals surface area (Å²) < 4.78 is 43.1. The largest absolute Gasteiger partial charge is 0.351 e. The van der Waals surface area contributed by atoms with Gasteiger partial charge in [0, 0.05) is 54.0 Å². The minimum absolute atomic E-state index is 0.159. The first-order chi connectivity index (χ1) is 17.2. The fourth-order valence-corrected chi connectivity index (χ4v) is 5.22. The SMILES string of the molecule is O=C(NC1CC(F)(F)C1)C(c1ccccc1Cl)N(C(=O)C1CCCc2nccn21)c1cccc(F)c1. The predicted molar refractivity (Wildman–Crippen MR) is 128 cm³/mol. The van der Waals surface area contributed by atoms with Crippen molar-refractivity contribution < 1.29 is 22.8 Å². The van der Waals surface area contributed by atoms with Crippen LogP contribution in [0.4, 0.5) is 18.9 Å². The topological polar surface area (TPSA) is 67.2 Å². The summed E-state index contributed by atoms with van der Waals surface area (Å²) in [6.07, 6.45) is 4.28. The summed E-state index contributed by atoms with van der Waals surface area (Å²) in [6.45, 7) is 0. The van der Waals surface area contributed by atoms with Crippen LogP contribution in [0.5, 0.6) is 0 Å². The summed E-state index contributed by atoms with van der Waals surface area (Å²) in [7, 11) is 0. The van der Waals surface area contributed by atoms with Gasteiger partial charge in [0.05, 0.1) is 0 Å². The molecule has 2 aromatic carbocycles. The number of aryl methyl sites for hydroxylation is 1. The number of fused-ring (bicyclic) bond motifs is 1. The van der Waals surface area contributed by atoms with E-state index in [-0.39, 0.29) is 10.7 Å². The Hall–Kier alpha value is -3.33. The highest BCUT2D eigenvalue weighted by Gasteiger charge is 2.47. The van der Waals surface area contributed by atoms with Gasteiger partial charge in [-0.15, -0.1) is 0 Å². The molecule has 1 N–H and O–H groups in total. The third-order valence-corrected chi connectivity index (χ3v) is 7.06. The summed E-state index contributed by atoms with van der Waals surface area (Å²) >= 11 is 6.48. The summed E-state index contributed by atoms with van der Waals surface area (Å²) in [5.41, 5.74) is 0.466. The number of nitrogens with zero attached hydrogens (tertiary/aromatic N) is 3. The molecule has 2 amide bonds. The van der Waals surface area contributed by atoms with Crippen LogP contribution < -0.4 is 10.2 Å². The van der Waals surface area contributed by atoms with Crippen molar-refractivity contribution in [2.45, 2.75) is 56.2 Å². The Balaban J connectivity index is 1.60. The number of halogens is 4. The third kappa shape index (κ3) is 4.72. The van der Waals surface area contributed by atoms with Crippen LogP contribution in [0.1, 0.15) is 49.2 Å². The molecule has 2 unspecified atom stereocenters. The molecule has 2 heterocycles. The van der Waals surface area contributed by atoms with E-state index in [1.165, 1.54) is 29.2 Å². The van der Waals surface area contributed by atoms with Crippen LogP contribution in [0, 0.1) is 5.82 Å². The molecule has 0 bridgehead atoms. The molecular weight excluding hydrogens is 493 g/mol. The predicted octanol–water partition coefficient (Wildman–Crippen LogP) is 5.24. The van der Waals surface area contributed by atoms with Crippen LogP contribution in [0.3, 0.4) is 0 Å². The number of imidazole rings is 1. The Bertz CT molecular complexity index is 1290. The average Bonchev–Trinajstić information content (AvgIpc) is 3.30. The van der Waals surface area contributed by atoms with E-state index in [0.717, 1.165) is 5.82 Å². The molecule has 6 nitrogen and oxygen atoms in total. The molecule has 10 heteroatoms. The minimum atomic E-state index is -2.84. The van der Waals surface area contributed by atoms with Gasteiger partial charge in [-0.1, -0.05) is 35.9 Å². The van der Waals surface area contributed by atoms with Gasteiger partial charge in [-0.05, 0) is 37.1 Å². The number of carbonyl (C=O) groups excluding carboxylic acids is 2. The number of aromatic nitrogens is 2. The number of benzene rings is 2. The van der Waals surface area contributed by atoms with Gasteiger partial charge in [0.25, 0.3) is 11.8 Å². The lowest BCUT2D eigenvalue weighted by Crippen LogP contribution is -2.54. The van der Waals surface area contributed by atoms with Gasteiger partial charge in [-0.25, -0.2) is 18.2 Å².